The van der Waals surface area contributed by atoms with Crippen LogP contribution in [0, 0.1) is 0 Å². The molecule has 0 spiro atoms. The summed E-state index contributed by atoms with van der Waals surface area (Å²) < 4.78 is 8.74. The van der Waals surface area contributed by atoms with Crippen LogP contribution in [0.15, 0.2) is 24.5 Å². The fraction of sp³-hybridized carbons (Fsp3) is 0.250. The first kappa shape index (κ1) is 13.3. The van der Waals surface area contributed by atoms with E-state index in [1.807, 2.05) is 24.1 Å². The summed E-state index contributed by atoms with van der Waals surface area (Å²) in [5, 5.41) is 0.696. The highest BCUT2D eigenvalue weighted by Crippen LogP contribution is 2.31. The second kappa shape index (κ2) is 5.66. The van der Waals surface area contributed by atoms with E-state index in [9.17, 15) is 4.79 Å². The molecule has 2 heterocycles. The van der Waals surface area contributed by atoms with Gasteiger partial charge in [0.05, 0.1) is 7.11 Å². The molecule has 7 heteroatoms. The van der Waals surface area contributed by atoms with Gasteiger partial charge in [-0.2, -0.15) is 4.37 Å². The number of ether oxygens (including phenoxy) is 1. The number of nitrogen functional groups attached to an aromatic ring is 1. The van der Waals surface area contributed by atoms with E-state index in [1.54, 1.807) is 12.4 Å². The van der Waals surface area contributed by atoms with E-state index in [2.05, 4.69) is 9.36 Å². The summed E-state index contributed by atoms with van der Waals surface area (Å²) in [5.41, 5.74) is 7.12. The number of carbonyl (C=O) groups excluding carboxylic acids is 1. The van der Waals surface area contributed by atoms with Crippen LogP contribution >= 0.6 is 11.5 Å². The van der Waals surface area contributed by atoms with Gasteiger partial charge in [-0.25, -0.2) is 4.79 Å². The van der Waals surface area contributed by atoms with Crippen molar-refractivity contribution in [2.75, 3.05) is 24.8 Å². The third-order valence-corrected chi connectivity index (χ3v) is 3.58. The molecular weight excluding hydrogens is 264 g/mol. The predicted octanol–water partition coefficient (Wildman–Crippen LogP) is 1.54. The largest absolute Gasteiger partial charge is 0.465 e. The van der Waals surface area contributed by atoms with Crippen LogP contribution in [-0.4, -0.2) is 29.5 Å². The second-order valence-corrected chi connectivity index (χ2v) is 4.70. The van der Waals surface area contributed by atoms with Crippen LogP contribution in [0.1, 0.15) is 15.9 Å². The van der Waals surface area contributed by atoms with E-state index in [1.165, 1.54) is 18.6 Å². The van der Waals surface area contributed by atoms with E-state index in [0.29, 0.717) is 17.1 Å². The molecule has 0 aliphatic rings. The lowest BCUT2D eigenvalue weighted by atomic mass is 10.2. The van der Waals surface area contributed by atoms with Crippen LogP contribution in [0.4, 0.5) is 10.8 Å². The average Bonchev–Trinajstić information content (AvgIpc) is 2.81. The molecule has 2 aromatic rings. The molecule has 0 saturated carbocycles. The number of esters is 1. The minimum absolute atomic E-state index is 0.202. The Kier molecular flexibility index (Phi) is 3.96. The van der Waals surface area contributed by atoms with Gasteiger partial charge in [-0.3, -0.25) is 4.98 Å². The van der Waals surface area contributed by atoms with Gasteiger partial charge in [-0.05, 0) is 29.2 Å². The van der Waals surface area contributed by atoms with Crippen LogP contribution in [0.25, 0.3) is 0 Å². The Morgan fingerprint density at radius 1 is 1.47 bits per heavy atom. The number of carbonyl (C=O) groups is 1. The number of nitrogens with zero attached hydrogens (tertiary/aromatic N) is 3. The number of hydrogen-bond acceptors (Lipinski definition) is 7. The van der Waals surface area contributed by atoms with Crippen LogP contribution in [-0.2, 0) is 11.3 Å². The number of rotatable bonds is 4. The maximum Gasteiger partial charge on any atom is 0.344 e. The first-order valence-corrected chi connectivity index (χ1v) is 6.34. The number of hydrogen-bond donors (Lipinski definition) is 1. The Bertz CT molecular complexity index is 570. The highest BCUT2D eigenvalue weighted by Gasteiger charge is 2.22. The summed E-state index contributed by atoms with van der Waals surface area (Å²) in [6.07, 6.45) is 3.46. The first-order valence-electron chi connectivity index (χ1n) is 5.57. The molecule has 0 atom stereocenters. The van der Waals surface area contributed by atoms with Crippen molar-refractivity contribution in [2.24, 2.45) is 0 Å². The quantitative estimate of drug-likeness (QED) is 0.854. The monoisotopic (exact) mass is 278 g/mol. The van der Waals surface area contributed by atoms with Crippen LogP contribution in [0.5, 0.6) is 0 Å². The lowest BCUT2D eigenvalue weighted by Crippen LogP contribution is -2.18. The van der Waals surface area contributed by atoms with Gasteiger partial charge >= 0.3 is 5.97 Å². The first-order chi connectivity index (χ1) is 9.13. The molecule has 0 bridgehead atoms. The van der Waals surface area contributed by atoms with Crippen LogP contribution < -0.4 is 10.6 Å². The minimum atomic E-state index is -0.470. The fourth-order valence-corrected chi connectivity index (χ4v) is 2.44. The number of methoxy groups -OCH3 is 1. The van der Waals surface area contributed by atoms with Crippen molar-refractivity contribution in [3.05, 3.63) is 35.7 Å². The molecule has 0 saturated heterocycles. The van der Waals surface area contributed by atoms with Crippen molar-refractivity contribution in [1.29, 1.82) is 0 Å². The summed E-state index contributed by atoms with van der Waals surface area (Å²) in [6, 6.07) is 3.83. The standard InChI is InChI=1S/C12H14N4O2S/c1-16(7-8-3-5-14-6-4-8)11-9(12(17)18-2)10(13)15-19-11/h3-6H,7H2,1-2H3,(H2,13,15). The zero-order valence-electron chi connectivity index (χ0n) is 10.7. The zero-order valence-corrected chi connectivity index (χ0v) is 11.5. The number of pyridine rings is 1. The summed E-state index contributed by atoms with van der Waals surface area (Å²) in [7, 11) is 3.20. The zero-order chi connectivity index (χ0) is 13.8. The normalized spacial score (nSPS) is 10.2. The van der Waals surface area contributed by atoms with E-state index in [-0.39, 0.29) is 5.82 Å². The summed E-state index contributed by atoms with van der Waals surface area (Å²) >= 11 is 1.18. The molecule has 0 aromatic carbocycles. The number of anilines is 2. The highest BCUT2D eigenvalue weighted by molar-refractivity contribution is 7.11. The maximum atomic E-state index is 11.7. The molecule has 6 nitrogen and oxygen atoms in total. The molecule has 0 fully saturated rings. The van der Waals surface area contributed by atoms with Crippen molar-refractivity contribution in [3.63, 3.8) is 0 Å². The molecule has 19 heavy (non-hydrogen) atoms. The number of nitrogens with two attached hydrogens (primary N) is 1. The molecule has 2 N–H and O–H groups in total. The van der Waals surface area contributed by atoms with Crippen LogP contribution in [0.2, 0.25) is 0 Å². The lowest BCUT2D eigenvalue weighted by molar-refractivity contribution is 0.0603. The van der Waals surface area contributed by atoms with Gasteiger partial charge in [-0.1, -0.05) is 0 Å². The van der Waals surface area contributed by atoms with Crippen molar-refractivity contribution < 1.29 is 9.53 Å². The molecule has 0 radical (unpaired) electrons. The predicted molar refractivity (Wildman–Crippen MR) is 74.2 cm³/mol. The molecule has 0 aliphatic carbocycles. The molecule has 100 valence electrons. The maximum absolute atomic E-state index is 11.7. The van der Waals surface area contributed by atoms with Crippen molar-refractivity contribution in [1.82, 2.24) is 9.36 Å². The Morgan fingerprint density at radius 2 is 2.16 bits per heavy atom. The summed E-state index contributed by atoms with van der Waals surface area (Å²) in [6.45, 7) is 0.633. The molecule has 2 aromatic heterocycles. The Labute approximate surface area is 115 Å². The summed E-state index contributed by atoms with van der Waals surface area (Å²) in [5.74, 6) is -0.267. The Morgan fingerprint density at radius 3 is 2.79 bits per heavy atom. The smallest absolute Gasteiger partial charge is 0.344 e. The van der Waals surface area contributed by atoms with Gasteiger partial charge in [0.1, 0.15) is 10.6 Å². The van der Waals surface area contributed by atoms with Gasteiger partial charge in [-0.15, -0.1) is 0 Å². The third kappa shape index (κ3) is 2.82. The molecule has 0 amide bonds. The van der Waals surface area contributed by atoms with Gasteiger partial charge in [0, 0.05) is 26.0 Å². The SMILES string of the molecule is COC(=O)c1c(N)nsc1N(C)Cc1ccncc1. The van der Waals surface area contributed by atoms with E-state index in [4.69, 9.17) is 10.5 Å². The molecule has 0 unspecified atom stereocenters. The topological polar surface area (TPSA) is 81.3 Å². The van der Waals surface area contributed by atoms with Crippen molar-refractivity contribution in [2.45, 2.75) is 6.54 Å². The van der Waals surface area contributed by atoms with Crippen molar-refractivity contribution >= 4 is 28.3 Å². The van der Waals surface area contributed by atoms with Gasteiger partial charge in [0.2, 0.25) is 0 Å². The molecule has 0 aliphatic heterocycles. The van der Waals surface area contributed by atoms with Gasteiger partial charge in [0.15, 0.2) is 5.82 Å². The third-order valence-electron chi connectivity index (χ3n) is 2.61. The average molecular weight is 278 g/mol. The van der Waals surface area contributed by atoms with Crippen molar-refractivity contribution in [3.8, 4) is 0 Å². The lowest BCUT2D eigenvalue weighted by Gasteiger charge is -2.17. The van der Waals surface area contributed by atoms with Gasteiger partial charge in [0.25, 0.3) is 0 Å². The summed E-state index contributed by atoms with van der Waals surface area (Å²) in [4.78, 5) is 17.6. The van der Waals surface area contributed by atoms with E-state index in [0.717, 1.165) is 5.56 Å². The van der Waals surface area contributed by atoms with Gasteiger partial charge < -0.3 is 15.4 Å². The van der Waals surface area contributed by atoms with E-state index < -0.39 is 5.97 Å². The highest BCUT2D eigenvalue weighted by atomic mass is 32.1. The fourth-order valence-electron chi connectivity index (χ4n) is 1.68. The van der Waals surface area contributed by atoms with E-state index >= 15 is 0 Å². The molecule has 2 rings (SSSR count). The number of aromatic nitrogens is 2. The second-order valence-electron chi connectivity index (χ2n) is 3.95. The Balaban J connectivity index is 2.24. The van der Waals surface area contributed by atoms with Crippen LogP contribution in [0.3, 0.4) is 0 Å². The molecular formula is C12H14N4O2S. The minimum Gasteiger partial charge on any atom is -0.465 e. The Hall–Kier alpha value is -2.15.